The summed E-state index contributed by atoms with van der Waals surface area (Å²) in [5, 5.41) is 0. The van der Waals surface area contributed by atoms with Crippen LogP contribution in [-0.4, -0.2) is 6.04 Å². The first-order chi connectivity index (χ1) is 16.6. The molecule has 0 spiro atoms. The van der Waals surface area contributed by atoms with Crippen LogP contribution in [0.25, 0.3) is 0 Å². The smallest absolute Gasteiger partial charge is 0.00388 e. The highest BCUT2D eigenvalue weighted by Gasteiger charge is 2.03. The maximum absolute atomic E-state index is 6.33. The highest BCUT2D eigenvalue weighted by molar-refractivity contribution is 5.09. The second-order valence-electron chi connectivity index (χ2n) is 11.5. The van der Waals surface area contributed by atoms with E-state index in [0.29, 0.717) is 6.04 Å². The van der Waals surface area contributed by atoms with Crippen LogP contribution in [0.2, 0.25) is 0 Å². The van der Waals surface area contributed by atoms with Crippen molar-refractivity contribution in [2.75, 3.05) is 0 Å². The second-order valence-corrected chi connectivity index (χ2v) is 11.5. The normalized spacial score (nSPS) is 13.3. The molecule has 1 atom stereocenters. The largest absolute Gasteiger partial charge is 0.328 e. The molecule has 0 aliphatic rings. The van der Waals surface area contributed by atoms with Crippen LogP contribution in [0.15, 0.2) is 11.1 Å². The summed E-state index contributed by atoms with van der Waals surface area (Å²) >= 11 is 0. The third-order valence-corrected chi connectivity index (χ3v) is 7.94. The average molecular weight is 478 g/mol. The Balaban J connectivity index is 3.39. The van der Waals surface area contributed by atoms with E-state index in [-0.39, 0.29) is 0 Å². The molecule has 2 N–H and O–H groups in total. The Labute approximate surface area is 217 Å². The standard InChI is InChI=1S/C33H67N/c1-5-7-9-11-16-21-25-29-33(34)30-26-22-18-15-13-14-17-20-24-28-32(4)31(3)27-23-19-12-10-8-6-2/h33H,5-30,34H2,1-4H3. The van der Waals surface area contributed by atoms with Crippen molar-refractivity contribution in [2.45, 2.75) is 201 Å². The molecule has 1 heteroatoms. The zero-order valence-corrected chi connectivity index (χ0v) is 24.5. The van der Waals surface area contributed by atoms with Crippen molar-refractivity contribution >= 4 is 0 Å². The maximum Gasteiger partial charge on any atom is 0.00388 e. The van der Waals surface area contributed by atoms with Gasteiger partial charge in [-0.3, -0.25) is 0 Å². The zero-order valence-electron chi connectivity index (χ0n) is 24.5. The van der Waals surface area contributed by atoms with Crippen LogP contribution in [-0.2, 0) is 0 Å². The number of hydrogen-bond acceptors (Lipinski definition) is 1. The fourth-order valence-electron chi connectivity index (χ4n) is 5.14. The summed E-state index contributed by atoms with van der Waals surface area (Å²) in [5.74, 6) is 0. The molecule has 0 aromatic rings. The van der Waals surface area contributed by atoms with Crippen molar-refractivity contribution in [2.24, 2.45) is 5.73 Å². The lowest BCUT2D eigenvalue weighted by molar-refractivity contribution is 0.480. The van der Waals surface area contributed by atoms with Gasteiger partial charge in [-0.05, 0) is 52.4 Å². The van der Waals surface area contributed by atoms with E-state index in [2.05, 4.69) is 27.7 Å². The molecule has 0 saturated heterocycles. The van der Waals surface area contributed by atoms with Gasteiger partial charge in [-0.25, -0.2) is 0 Å². The fourth-order valence-corrected chi connectivity index (χ4v) is 5.14. The molecule has 0 amide bonds. The third-order valence-electron chi connectivity index (χ3n) is 7.94. The number of nitrogens with two attached hydrogens (primary N) is 1. The van der Waals surface area contributed by atoms with Gasteiger partial charge in [0.25, 0.3) is 0 Å². The van der Waals surface area contributed by atoms with Gasteiger partial charge in [0.1, 0.15) is 0 Å². The van der Waals surface area contributed by atoms with Crippen molar-refractivity contribution in [3.05, 3.63) is 11.1 Å². The third kappa shape index (κ3) is 24.8. The lowest BCUT2D eigenvalue weighted by Crippen LogP contribution is -2.19. The summed E-state index contributed by atoms with van der Waals surface area (Å²) < 4.78 is 0. The minimum atomic E-state index is 0.461. The Hall–Kier alpha value is -0.300. The molecule has 0 aliphatic heterocycles. The monoisotopic (exact) mass is 478 g/mol. The minimum Gasteiger partial charge on any atom is -0.328 e. The summed E-state index contributed by atoms with van der Waals surface area (Å²) in [6.45, 7) is 9.35. The molecule has 34 heavy (non-hydrogen) atoms. The van der Waals surface area contributed by atoms with Gasteiger partial charge in [0.2, 0.25) is 0 Å². The molecule has 0 saturated carbocycles. The summed E-state index contributed by atoms with van der Waals surface area (Å²) in [5.41, 5.74) is 9.69. The van der Waals surface area contributed by atoms with E-state index >= 15 is 0 Å². The van der Waals surface area contributed by atoms with Crippen molar-refractivity contribution in [3.63, 3.8) is 0 Å². The topological polar surface area (TPSA) is 26.0 Å². The second kappa shape index (κ2) is 27.3. The lowest BCUT2D eigenvalue weighted by atomic mass is 9.98. The van der Waals surface area contributed by atoms with Gasteiger partial charge in [-0.15, -0.1) is 0 Å². The number of rotatable bonds is 27. The molecular formula is C33H67N. The number of hydrogen-bond donors (Lipinski definition) is 1. The molecule has 0 radical (unpaired) electrons. The van der Waals surface area contributed by atoms with Crippen molar-refractivity contribution in [1.29, 1.82) is 0 Å². The molecule has 0 rings (SSSR count). The Morgan fingerprint density at radius 1 is 0.412 bits per heavy atom. The van der Waals surface area contributed by atoms with Crippen LogP contribution in [0.4, 0.5) is 0 Å². The molecular weight excluding hydrogens is 410 g/mol. The van der Waals surface area contributed by atoms with Gasteiger partial charge in [0, 0.05) is 6.04 Å². The Morgan fingerprint density at radius 3 is 1.00 bits per heavy atom. The van der Waals surface area contributed by atoms with Crippen LogP contribution in [0.1, 0.15) is 195 Å². The lowest BCUT2D eigenvalue weighted by Gasteiger charge is -2.11. The summed E-state index contributed by atoms with van der Waals surface area (Å²) in [6.07, 6.45) is 36.2. The van der Waals surface area contributed by atoms with E-state index < -0.39 is 0 Å². The molecule has 0 aromatic heterocycles. The van der Waals surface area contributed by atoms with Crippen molar-refractivity contribution in [3.8, 4) is 0 Å². The Morgan fingerprint density at radius 2 is 0.676 bits per heavy atom. The molecule has 1 unspecified atom stereocenters. The number of allylic oxidation sites excluding steroid dienone is 2. The van der Waals surface area contributed by atoms with Crippen LogP contribution in [0.3, 0.4) is 0 Å². The van der Waals surface area contributed by atoms with Crippen LogP contribution in [0, 0.1) is 0 Å². The van der Waals surface area contributed by atoms with E-state index in [1.807, 2.05) is 0 Å². The van der Waals surface area contributed by atoms with Crippen molar-refractivity contribution in [1.82, 2.24) is 0 Å². The van der Waals surface area contributed by atoms with E-state index in [0.717, 1.165) is 0 Å². The van der Waals surface area contributed by atoms with Gasteiger partial charge >= 0.3 is 0 Å². The summed E-state index contributed by atoms with van der Waals surface area (Å²) in [4.78, 5) is 0. The molecule has 1 nitrogen and oxygen atoms in total. The quantitative estimate of drug-likeness (QED) is 0.0923. The maximum atomic E-state index is 6.33. The van der Waals surface area contributed by atoms with Crippen LogP contribution in [0.5, 0.6) is 0 Å². The first kappa shape index (κ1) is 33.7. The number of unbranched alkanes of at least 4 members (excludes halogenated alkanes) is 19. The predicted molar refractivity (Wildman–Crippen MR) is 158 cm³/mol. The highest BCUT2D eigenvalue weighted by Crippen LogP contribution is 2.20. The molecule has 0 bridgehead atoms. The summed E-state index contributed by atoms with van der Waals surface area (Å²) in [7, 11) is 0. The SMILES string of the molecule is CCCCCCCCCC(N)CCCCCCCCCCCC(C)=C(C)CCCCCCCC. The highest BCUT2D eigenvalue weighted by atomic mass is 14.6. The van der Waals surface area contributed by atoms with Gasteiger partial charge < -0.3 is 5.73 Å². The van der Waals surface area contributed by atoms with E-state index in [9.17, 15) is 0 Å². The minimum absolute atomic E-state index is 0.461. The average Bonchev–Trinajstić information content (AvgIpc) is 2.83. The van der Waals surface area contributed by atoms with Crippen LogP contribution < -0.4 is 5.73 Å². The molecule has 0 fully saturated rings. The van der Waals surface area contributed by atoms with Crippen LogP contribution >= 0.6 is 0 Å². The van der Waals surface area contributed by atoms with E-state index in [1.54, 1.807) is 11.1 Å². The molecule has 0 aromatic carbocycles. The van der Waals surface area contributed by atoms with Gasteiger partial charge in [-0.2, -0.15) is 0 Å². The predicted octanol–water partition coefficient (Wildman–Crippen LogP) is 11.8. The van der Waals surface area contributed by atoms with Crippen molar-refractivity contribution < 1.29 is 0 Å². The first-order valence-electron chi connectivity index (χ1n) is 16.0. The Kier molecular flexibility index (Phi) is 27.0. The molecule has 0 aliphatic carbocycles. The van der Waals surface area contributed by atoms with E-state index in [4.69, 9.17) is 5.73 Å². The first-order valence-corrected chi connectivity index (χ1v) is 16.0. The van der Waals surface area contributed by atoms with Gasteiger partial charge in [0.05, 0.1) is 0 Å². The Bertz CT molecular complexity index is 424. The molecule has 0 heterocycles. The van der Waals surface area contributed by atoms with E-state index in [1.165, 1.54) is 167 Å². The van der Waals surface area contributed by atoms with Gasteiger partial charge in [-0.1, -0.05) is 153 Å². The van der Waals surface area contributed by atoms with Gasteiger partial charge in [0.15, 0.2) is 0 Å². The fraction of sp³-hybridized carbons (Fsp3) is 0.939. The molecule has 204 valence electrons. The summed E-state index contributed by atoms with van der Waals surface area (Å²) in [6, 6.07) is 0.461. The zero-order chi connectivity index (χ0) is 25.1.